The molecule has 0 saturated carbocycles. The predicted molar refractivity (Wildman–Crippen MR) is 90.6 cm³/mol. The summed E-state index contributed by atoms with van der Waals surface area (Å²) in [6.45, 7) is 1.24. The van der Waals surface area contributed by atoms with Crippen LogP contribution in [0.3, 0.4) is 0 Å². The Morgan fingerprint density at radius 1 is 1.43 bits per heavy atom. The number of aryl methyl sites for hydroxylation is 1. The van der Waals surface area contributed by atoms with Crippen molar-refractivity contribution < 1.29 is 18.3 Å². The normalized spacial score (nSPS) is 17.1. The number of aromatic nitrogens is 2. The molecule has 2 rings (SSSR count). The van der Waals surface area contributed by atoms with Gasteiger partial charge in [0, 0.05) is 45.5 Å². The molecule has 1 fully saturated rings. The average Bonchev–Trinajstić information content (AvgIpc) is 2.82. The molecule has 1 aliphatic heterocycles. The van der Waals surface area contributed by atoms with Crippen molar-refractivity contribution in [3.63, 3.8) is 0 Å². The van der Waals surface area contributed by atoms with Crippen LogP contribution in [0.2, 0.25) is 0 Å². The SMILES string of the molecule is CN=C(NCc1cn(C)nc1C(F)(F)F)N1CCC(O)CC1.I. The maximum absolute atomic E-state index is 12.9. The van der Waals surface area contributed by atoms with E-state index in [4.69, 9.17) is 0 Å². The van der Waals surface area contributed by atoms with Gasteiger partial charge in [-0.1, -0.05) is 0 Å². The van der Waals surface area contributed by atoms with Crippen molar-refractivity contribution in [2.45, 2.75) is 31.7 Å². The molecular formula is C13H21F3IN5O. The topological polar surface area (TPSA) is 65.7 Å². The van der Waals surface area contributed by atoms with Crippen LogP contribution < -0.4 is 5.32 Å². The van der Waals surface area contributed by atoms with E-state index in [0.29, 0.717) is 31.9 Å². The fraction of sp³-hybridized carbons (Fsp3) is 0.692. The quantitative estimate of drug-likeness (QED) is 0.411. The van der Waals surface area contributed by atoms with Gasteiger partial charge in [-0.05, 0) is 12.8 Å². The summed E-state index contributed by atoms with van der Waals surface area (Å²) in [6.07, 6.45) is -2.19. The van der Waals surface area contributed by atoms with Crippen LogP contribution in [0, 0.1) is 0 Å². The maximum Gasteiger partial charge on any atom is 0.435 e. The number of aliphatic hydroxyl groups is 1. The predicted octanol–water partition coefficient (Wildman–Crippen LogP) is 1.59. The monoisotopic (exact) mass is 447 g/mol. The molecule has 10 heteroatoms. The lowest BCUT2D eigenvalue weighted by Crippen LogP contribution is -2.46. The number of guanidine groups is 1. The van der Waals surface area contributed by atoms with E-state index < -0.39 is 11.9 Å². The van der Waals surface area contributed by atoms with Crippen LogP contribution in [-0.2, 0) is 19.8 Å². The zero-order chi connectivity index (χ0) is 16.3. The van der Waals surface area contributed by atoms with Gasteiger partial charge < -0.3 is 15.3 Å². The third kappa shape index (κ3) is 5.23. The smallest absolute Gasteiger partial charge is 0.393 e. The van der Waals surface area contributed by atoms with Gasteiger partial charge in [0.1, 0.15) is 0 Å². The van der Waals surface area contributed by atoms with Gasteiger partial charge in [0.15, 0.2) is 11.7 Å². The fourth-order valence-corrected chi connectivity index (χ4v) is 2.49. The number of hydrogen-bond donors (Lipinski definition) is 2. The zero-order valence-electron chi connectivity index (χ0n) is 13.0. The van der Waals surface area contributed by atoms with Crippen LogP contribution in [0.5, 0.6) is 0 Å². The Hall–Kier alpha value is -1.04. The molecule has 23 heavy (non-hydrogen) atoms. The Labute approximate surface area is 149 Å². The van der Waals surface area contributed by atoms with Crippen LogP contribution in [0.4, 0.5) is 13.2 Å². The van der Waals surface area contributed by atoms with Gasteiger partial charge in [-0.2, -0.15) is 18.3 Å². The molecule has 1 aromatic rings. The minimum absolute atomic E-state index is 0. The molecule has 0 aliphatic carbocycles. The Kier molecular flexibility index (Phi) is 7.11. The minimum atomic E-state index is -4.48. The lowest BCUT2D eigenvalue weighted by molar-refractivity contribution is -0.142. The number of halogens is 4. The summed E-state index contributed by atoms with van der Waals surface area (Å²) < 4.78 is 39.8. The lowest BCUT2D eigenvalue weighted by atomic mass is 10.1. The van der Waals surface area contributed by atoms with E-state index in [2.05, 4.69) is 15.4 Å². The van der Waals surface area contributed by atoms with Crippen molar-refractivity contribution in [3.05, 3.63) is 17.5 Å². The van der Waals surface area contributed by atoms with Gasteiger partial charge in [-0.3, -0.25) is 9.67 Å². The van der Waals surface area contributed by atoms with E-state index in [-0.39, 0.29) is 42.2 Å². The highest BCUT2D eigenvalue weighted by atomic mass is 127. The highest BCUT2D eigenvalue weighted by molar-refractivity contribution is 14.0. The highest BCUT2D eigenvalue weighted by Crippen LogP contribution is 2.30. The molecular weight excluding hydrogens is 426 g/mol. The molecule has 1 saturated heterocycles. The van der Waals surface area contributed by atoms with Crippen LogP contribution in [0.1, 0.15) is 24.1 Å². The molecule has 6 nitrogen and oxygen atoms in total. The second-order valence-electron chi connectivity index (χ2n) is 5.29. The number of likely N-dealkylation sites (tertiary alicyclic amines) is 1. The summed E-state index contributed by atoms with van der Waals surface area (Å²) in [5, 5.41) is 15.9. The molecule has 0 amide bonds. The van der Waals surface area contributed by atoms with Gasteiger partial charge >= 0.3 is 6.18 Å². The second kappa shape index (κ2) is 8.18. The van der Waals surface area contributed by atoms with Crippen molar-refractivity contribution in [3.8, 4) is 0 Å². The summed E-state index contributed by atoms with van der Waals surface area (Å²) in [5.41, 5.74) is -0.805. The Morgan fingerprint density at radius 2 is 2.04 bits per heavy atom. The Balaban J connectivity index is 0.00000264. The number of nitrogens with one attached hydrogen (secondary N) is 1. The number of nitrogens with zero attached hydrogens (tertiary/aromatic N) is 4. The van der Waals surface area contributed by atoms with Crippen LogP contribution >= 0.6 is 24.0 Å². The summed E-state index contributed by atoms with van der Waals surface area (Å²) in [7, 11) is 3.04. The second-order valence-corrected chi connectivity index (χ2v) is 5.29. The third-order valence-corrected chi connectivity index (χ3v) is 3.59. The summed E-state index contributed by atoms with van der Waals surface area (Å²) in [5.74, 6) is 0.531. The minimum Gasteiger partial charge on any atom is -0.393 e. The van der Waals surface area contributed by atoms with Gasteiger partial charge in [0.25, 0.3) is 0 Å². The van der Waals surface area contributed by atoms with E-state index in [1.807, 2.05) is 4.90 Å². The van der Waals surface area contributed by atoms with Crippen molar-refractivity contribution in [2.24, 2.45) is 12.0 Å². The highest BCUT2D eigenvalue weighted by Gasteiger charge is 2.36. The third-order valence-electron chi connectivity index (χ3n) is 3.59. The van der Waals surface area contributed by atoms with E-state index in [1.54, 1.807) is 7.05 Å². The standard InChI is InChI=1S/C13H20F3N5O.HI/c1-17-12(21-5-3-10(22)4-6-21)18-7-9-8-20(2)19-11(9)13(14,15)16;/h8,10,22H,3-7H2,1-2H3,(H,17,18);1H. The number of aliphatic hydroxyl groups excluding tert-OH is 1. The van der Waals surface area contributed by atoms with Crippen LogP contribution in [0.25, 0.3) is 0 Å². The van der Waals surface area contributed by atoms with E-state index in [0.717, 1.165) is 4.68 Å². The van der Waals surface area contributed by atoms with Crippen molar-refractivity contribution >= 4 is 29.9 Å². The molecule has 2 N–H and O–H groups in total. The Morgan fingerprint density at radius 3 is 2.57 bits per heavy atom. The average molecular weight is 447 g/mol. The first-order chi connectivity index (χ1) is 10.3. The molecule has 0 spiro atoms. The fourth-order valence-electron chi connectivity index (χ4n) is 2.49. The van der Waals surface area contributed by atoms with Crippen LogP contribution in [-0.4, -0.2) is 52.0 Å². The molecule has 0 radical (unpaired) electrons. The lowest BCUT2D eigenvalue weighted by Gasteiger charge is -2.32. The molecule has 0 aromatic carbocycles. The number of hydrogen-bond acceptors (Lipinski definition) is 3. The van der Waals surface area contributed by atoms with Crippen molar-refractivity contribution in [1.82, 2.24) is 20.0 Å². The Bertz CT molecular complexity index is 538. The van der Waals surface area contributed by atoms with Gasteiger partial charge in [-0.25, -0.2) is 0 Å². The van der Waals surface area contributed by atoms with E-state index >= 15 is 0 Å². The molecule has 2 heterocycles. The molecule has 1 aliphatic rings. The number of rotatable bonds is 2. The number of aliphatic imine (C=N–C) groups is 1. The van der Waals surface area contributed by atoms with Crippen molar-refractivity contribution in [1.29, 1.82) is 0 Å². The molecule has 0 bridgehead atoms. The summed E-state index contributed by atoms with van der Waals surface area (Å²) in [6, 6.07) is 0. The largest absolute Gasteiger partial charge is 0.435 e. The first-order valence-electron chi connectivity index (χ1n) is 7.04. The summed E-state index contributed by atoms with van der Waals surface area (Å²) in [4.78, 5) is 6.02. The van der Waals surface area contributed by atoms with E-state index in [1.165, 1.54) is 13.2 Å². The zero-order valence-corrected chi connectivity index (χ0v) is 15.3. The molecule has 0 unspecified atom stereocenters. The maximum atomic E-state index is 12.9. The van der Waals surface area contributed by atoms with Crippen molar-refractivity contribution in [2.75, 3.05) is 20.1 Å². The molecule has 0 atom stereocenters. The van der Waals surface area contributed by atoms with Gasteiger partial charge in [-0.15, -0.1) is 24.0 Å². The van der Waals surface area contributed by atoms with Gasteiger partial charge in [0.05, 0.1) is 6.10 Å². The molecule has 132 valence electrons. The number of alkyl halides is 3. The van der Waals surface area contributed by atoms with Gasteiger partial charge in [0.2, 0.25) is 0 Å². The first-order valence-corrected chi connectivity index (χ1v) is 7.04. The number of piperidine rings is 1. The molecule has 1 aromatic heterocycles. The van der Waals surface area contributed by atoms with Crippen LogP contribution in [0.15, 0.2) is 11.2 Å². The summed E-state index contributed by atoms with van der Waals surface area (Å²) >= 11 is 0. The van der Waals surface area contributed by atoms with E-state index in [9.17, 15) is 18.3 Å². The first kappa shape index (κ1) is 20.0.